The molecule has 0 spiro atoms. The molecule has 6 N–H and O–H groups in total. The fourth-order valence-electron chi connectivity index (χ4n) is 5.56. The van der Waals surface area contributed by atoms with E-state index >= 15 is 0 Å². The number of carbonyl (C=O) groups excluding carboxylic acids is 1. The number of carbonyl (C=O) groups is 1. The van der Waals surface area contributed by atoms with Crippen LogP contribution < -0.4 is 16.8 Å². The summed E-state index contributed by atoms with van der Waals surface area (Å²) in [5.41, 5.74) is 18.6. The number of nitrogens with zero attached hydrogens (tertiary/aromatic N) is 1. The van der Waals surface area contributed by atoms with Gasteiger partial charge in [-0.05, 0) is 97.0 Å². The summed E-state index contributed by atoms with van der Waals surface area (Å²) < 4.78 is 0. The highest BCUT2D eigenvalue weighted by molar-refractivity contribution is 5.91. The molecule has 6 heteroatoms. The Morgan fingerprint density at radius 3 is 2.51 bits per heavy atom. The van der Waals surface area contributed by atoms with Crippen molar-refractivity contribution in [3.8, 4) is 11.1 Å². The molecule has 1 fully saturated rings. The number of H-pyrrole nitrogens is 1. The van der Waals surface area contributed by atoms with E-state index in [1.165, 1.54) is 11.1 Å². The van der Waals surface area contributed by atoms with Gasteiger partial charge in [-0.25, -0.2) is 0 Å². The van der Waals surface area contributed by atoms with Crippen molar-refractivity contribution in [2.45, 2.75) is 51.5 Å². The summed E-state index contributed by atoms with van der Waals surface area (Å²) in [4.78, 5) is 13.5. The fraction of sp³-hybridized carbons (Fsp3) is 0.355. The maximum absolute atomic E-state index is 13.5. The standard InChI is InChI=1S/C31H37N5O/c1-2-20-14-25(24-12-13-27-29(18-24)35-36-30(27)33)17-26(15-20)28(16-21-6-4-3-5-7-21)34-31(37)23-10-8-22(19-32)9-11-23/h3-7,12-15,17-18,22-23,28H,2,8-11,16,19,32H2,1H3,(H,34,37)(H3,33,35,36). The van der Waals surface area contributed by atoms with E-state index in [0.717, 1.165) is 66.1 Å². The number of nitrogens with two attached hydrogens (primary N) is 2. The molecule has 6 nitrogen and oxygen atoms in total. The minimum Gasteiger partial charge on any atom is -0.382 e. The molecule has 3 aromatic carbocycles. The molecule has 1 aliphatic rings. The van der Waals surface area contributed by atoms with Crippen LogP contribution in [0.15, 0.2) is 66.7 Å². The molecule has 192 valence electrons. The number of aromatic amines is 1. The van der Waals surface area contributed by atoms with Gasteiger partial charge in [0.2, 0.25) is 5.91 Å². The zero-order valence-corrected chi connectivity index (χ0v) is 21.5. The second-order valence-corrected chi connectivity index (χ2v) is 10.4. The maximum Gasteiger partial charge on any atom is 0.223 e. The number of aryl methyl sites for hydroxylation is 1. The van der Waals surface area contributed by atoms with Gasteiger partial charge >= 0.3 is 0 Å². The molecule has 1 heterocycles. The van der Waals surface area contributed by atoms with Crippen LogP contribution >= 0.6 is 0 Å². The zero-order valence-electron chi connectivity index (χ0n) is 21.5. The largest absolute Gasteiger partial charge is 0.382 e. The first kappa shape index (κ1) is 25.0. The van der Waals surface area contributed by atoms with E-state index in [4.69, 9.17) is 11.5 Å². The molecule has 5 rings (SSSR count). The minimum atomic E-state index is -0.112. The molecule has 0 bridgehead atoms. The molecule has 1 saturated carbocycles. The van der Waals surface area contributed by atoms with Crippen LogP contribution in [0.3, 0.4) is 0 Å². The number of hydrogen-bond acceptors (Lipinski definition) is 4. The third-order valence-corrected chi connectivity index (χ3v) is 7.90. The molecule has 1 amide bonds. The van der Waals surface area contributed by atoms with Crippen molar-refractivity contribution in [2.75, 3.05) is 12.3 Å². The van der Waals surface area contributed by atoms with Gasteiger partial charge in [0, 0.05) is 11.3 Å². The SMILES string of the molecule is CCc1cc(-c2ccc3c(N)n[nH]c3c2)cc(C(Cc2ccccc2)NC(=O)C2CCC(CN)CC2)c1. The van der Waals surface area contributed by atoms with E-state index < -0.39 is 0 Å². The number of nitrogens with one attached hydrogen (secondary N) is 2. The molecule has 0 radical (unpaired) electrons. The Morgan fingerprint density at radius 1 is 1.00 bits per heavy atom. The molecular formula is C31H37N5O. The van der Waals surface area contributed by atoms with Crippen LogP contribution in [-0.2, 0) is 17.6 Å². The number of benzene rings is 3. The van der Waals surface area contributed by atoms with Gasteiger partial charge in [-0.3, -0.25) is 9.89 Å². The van der Waals surface area contributed by atoms with Crippen molar-refractivity contribution in [3.05, 3.63) is 83.4 Å². The molecule has 0 aliphatic heterocycles. The van der Waals surface area contributed by atoms with E-state index in [-0.39, 0.29) is 17.9 Å². The Kier molecular flexibility index (Phi) is 7.56. The topological polar surface area (TPSA) is 110 Å². The Morgan fingerprint density at radius 2 is 1.78 bits per heavy atom. The van der Waals surface area contributed by atoms with Crippen molar-refractivity contribution in [2.24, 2.45) is 17.6 Å². The van der Waals surface area contributed by atoms with E-state index in [1.807, 2.05) is 12.1 Å². The highest BCUT2D eigenvalue weighted by Crippen LogP contribution is 2.32. The maximum atomic E-state index is 13.5. The highest BCUT2D eigenvalue weighted by Gasteiger charge is 2.28. The molecule has 1 aromatic heterocycles. The van der Waals surface area contributed by atoms with E-state index in [0.29, 0.717) is 18.3 Å². The first-order valence-electron chi connectivity index (χ1n) is 13.5. The number of hydrogen-bond donors (Lipinski definition) is 4. The van der Waals surface area contributed by atoms with Crippen molar-refractivity contribution in [1.82, 2.24) is 15.5 Å². The molecule has 1 aliphatic carbocycles. The summed E-state index contributed by atoms with van der Waals surface area (Å²) in [5.74, 6) is 1.28. The molecule has 4 aromatic rings. The van der Waals surface area contributed by atoms with Gasteiger partial charge in [0.05, 0.1) is 11.6 Å². The summed E-state index contributed by atoms with van der Waals surface area (Å²) in [6, 6.07) is 23.2. The molecule has 1 unspecified atom stereocenters. The lowest BCUT2D eigenvalue weighted by Crippen LogP contribution is -2.37. The highest BCUT2D eigenvalue weighted by atomic mass is 16.1. The summed E-state index contributed by atoms with van der Waals surface area (Å²) >= 11 is 0. The Bertz CT molecular complexity index is 1350. The van der Waals surface area contributed by atoms with E-state index in [9.17, 15) is 4.79 Å². The van der Waals surface area contributed by atoms with Crippen molar-refractivity contribution >= 4 is 22.6 Å². The number of rotatable bonds is 8. The lowest BCUT2D eigenvalue weighted by Gasteiger charge is -2.29. The second kappa shape index (κ2) is 11.2. The lowest BCUT2D eigenvalue weighted by atomic mass is 9.81. The number of aromatic nitrogens is 2. The van der Waals surface area contributed by atoms with Gasteiger partial charge in [-0.2, -0.15) is 5.10 Å². The van der Waals surface area contributed by atoms with Gasteiger partial charge < -0.3 is 16.8 Å². The van der Waals surface area contributed by atoms with Gasteiger partial charge in [0.25, 0.3) is 0 Å². The lowest BCUT2D eigenvalue weighted by molar-refractivity contribution is -0.127. The third-order valence-electron chi connectivity index (χ3n) is 7.90. The summed E-state index contributed by atoms with van der Waals surface area (Å²) in [6.45, 7) is 2.89. The predicted molar refractivity (Wildman–Crippen MR) is 151 cm³/mol. The van der Waals surface area contributed by atoms with Crippen LogP contribution in [0.25, 0.3) is 22.0 Å². The predicted octanol–water partition coefficient (Wildman–Crippen LogP) is 5.54. The summed E-state index contributed by atoms with van der Waals surface area (Å²) in [5, 5.41) is 11.5. The summed E-state index contributed by atoms with van der Waals surface area (Å²) in [6.07, 6.45) is 5.56. The average molecular weight is 496 g/mol. The van der Waals surface area contributed by atoms with Crippen LogP contribution in [-0.4, -0.2) is 22.6 Å². The molecular weight excluding hydrogens is 458 g/mol. The fourth-order valence-corrected chi connectivity index (χ4v) is 5.56. The van der Waals surface area contributed by atoms with Crippen molar-refractivity contribution in [1.29, 1.82) is 0 Å². The summed E-state index contributed by atoms with van der Waals surface area (Å²) in [7, 11) is 0. The first-order chi connectivity index (χ1) is 18.0. The molecule has 37 heavy (non-hydrogen) atoms. The quantitative estimate of drug-likeness (QED) is 0.257. The number of fused-ring (bicyclic) bond motifs is 1. The molecule has 1 atom stereocenters. The Balaban J connectivity index is 1.47. The van der Waals surface area contributed by atoms with Crippen LogP contribution in [0, 0.1) is 11.8 Å². The number of amides is 1. The number of nitrogen functional groups attached to an aromatic ring is 1. The van der Waals surface area contributed by atoms with Crippen molar-refractivity contribution < 1.29 is 4.79 Å². The van der Waals surface area contributed by atoms with Crippen LogP contribution in [0.1, 0.15) is 55.3 Å². The van der Waals surface area contributed by atoms with E-state index in [2.05, 4.69) is 77.0 Å². The molecule has 0 saturated heterocycles. The Hall–Kier alpha value is -3.64. The third kappa shape index (κ3) is 5.70. The van der Waals surface area contributed by atoms with Gasteiger partial charge in [0.15, 0.2) is 5.82 Å². The van der Waals surface area contributed by atoms with Crippen LogP contribution in [0.4, 0.5) is 5.82 Å². The van der Waals surface area contributed by atoms with Gasteiger partial charge in [0.1, 0.15) is 0 Å². The number of anilines is 1. The second-order valence-electron chi connectivity index (χ2n) is 10.4. The van der Waals surface area contributed by atoms with E-state index in [1.54, 1.807) is 0 Å². The van der Waals surface area contributed by atoms with Crippen LogP contribution in [0.2, 0.25) is 0 Å². The zero-order chi connectivity index (χ0) is 25.8. The van der Waals surface area contributed by atoms with Crippen LogP contribution in [0.5, 0.6) is 0 Å². The minimum absolute atomic E-state index is 0.0585. The monoisotopic (exact) mass is 495 g/mol. The smallest absolute Gasteiger partial charge is 0.223 e. The Labute approximate surface area is 218 Å². The normalized spacial score (nSPS) is 18.5. The average Bonchev–Trinajstić information content (AvgIpc) is 3.32. The van der Waals surface area contributed by atoms with Gasteiger partial charge in [-0.1, -0.05) is 55.5 Å². The van der Waals surface area contributed by atoms with Crippen molar-refractivity contribution in [3.63, 3.8) is 0 Å². The first-order valence-corrected chi connectivity index (χ1v) is 13.5. The van der Waals surface area contributed by atoms with Gasteiger partial charge in [-0.15, -0.1) is 0 Å².